The zero-order valence-corrected chi connectivity index (χ0v) is 24.4. The molecular formula is C30H42N6O4. The number of aliphatic imine (C=N–C) groups is 1. The highest BCUT2D eigenvalue weighted by molar-refractivity contribution is 5.77. The molecule has 10 nitrogen and oxygen atoms in total. The van der Waals surface area contributed by atoms with Crippen LogP contribution in [-0.4, -0.2) is 68.5 Å². The monoisotopic (exact) mass is 550 g/mol. The fourth-order valence-electron chi connectivity index (χ4n) is 4.88. The van der Waals surface area contributed by atoms with Crippen molar-refractivity contribution in [1.29, 1.82) is 0 Å². The van der Waals surface area contributed by atoms with E-state index in [9.17, 15) is 9.59 Å². The number of hydrogen-bond acceptors (Lipinski definition) is 7. The normalized spacial score (nSPS) is 20.4. The van der Waals surface area contributed by atoms with Gasteiger partial charge < -0.3 is 25.1 Å². The summed E-state index contributed by atoms with van der Waals surface area (Å²) in [6, 6.07) is 7.56. The van der Waals surface area contributed by atoms with Gasteiger partial charge in [-0.3, -0.25) is 9.89 Å². The van der Waals surface area contributed by atoms with Gasteiger partial charge in [-0.25, -0.2) is 14.6 Å². The number of aromatic amines is 1. The predicted octanol–water partition coefficient (Wildman–Crippen LogP) is 5.88. The number of benzene rings is 1. The molecule has 0 aliphatic carbocycles. The lowest BCUT2D eigenvalue weighted by Gasteiger charge is -2.27. The van der Waals surface area contributed by atoms with E-state index in [1.165, 1.54) is 0 Å². The molecule has 2 saturated heterocycles. The number of carbonyl (C=O) groups is 2. The van der Waals surface area contributed by atoms with Crippen molar-refractivity contribution >= 4 is 24.1 Å². The zero-order chi connectivity index (χ0) is 29.1. The minimum Gasteiger partial charge on any atom is -0.444 e. The van der Waals surface area contributed by atoms with E-state index in [2.05, 4.69) is 15.0 Å². The molecule has 10 heteroatoms. The van der Waals surface area contributed by atoms with Crippen molar-refractivity contribution in [2.24, 2.45) is 10.7 Å². The van der Waals surface area contributed by atoms with Crippen molar-refractivity contribution in [3.8, 4) is 11.3 Å². The lowest BCUT2D eigenvalue weighted by atomic mass is 10.1. The molecule has 2 aromatic rings. The summed E-state index contributed by atoms with van der Waals surface area (Å²) in [5.41, 5.74) is 8.39. The Kier molecular flexibility index (Phi) is 8.56. The van der Waals surface area contributed by atoms with Gasteiger partial charge in [0, 0.05) is 19.3 Å². The van der Waals surface area contributed by atoms with E-state index in [4.69, 9.17) is 15.2 Å². The molecular weight excluding hydrogens is 508 g/mol. The lowest BCUT2D eigenvalue weighted by Crippen LogP contribution is -2.40. The van der Waals surface area contributed by atoms with Crippen LogP contribution in [0.4, 0.5) is 9.59 Å². The highest BCUT2D eigenvalue weighted by atomic mass is 16.6. The van der Waals surface area contributed by atoms with Crippen LogP contribution in [-0.2, 0) is 9.47 Å². The average molecular weight is 551 g/mol. The van der Waals surface area contributed by atoms with Crippen molar-refractivity contribution in [1.82, 2.24) is 19.8 Å². The van der Waals surface area contributed by atoms with Crippen molar-refractivity contribution < 1.29 is 19.1 Å². The quantitative estimate of drug-likeness (QED) is 0.448. The van der Waals surface area contributed by atoms with Crippen LogP contribution in [0.15, 0.2) is 41.7 Å². The van der Waals surface area contributed by atoms with Gasteiger partial charge in [0.05, 0.1) is 35.9 Å². The van der Waals surface area contributed by atoms with Gasteiger partial charge in [-0.15, -0.1) is 0 Å². The molecule has 2 atom stereocenters. The van der Waals surface area contributed by atoms with Gasteiger partial charge in [0.15, 0.2) is 0 Å². The number of nitrogens with two attached hydrogens (primary N) is 1. The van der Waals surface area contributed by atoms with E-state index in [0.29, 0.717) is 18.8 Å². The molecule has 2 aliphatic heterocycles. The number of carbonyl (C=O) groups excluding carboxylic acids is 2. The van der Waals surface area contributed by atoms with Crippen LogP contribution >= 0.6 is 0 Å². The number of aromatic nitrogens is 2. The fraction of sp³-hybridized carbons (Fsp3) is 0.533. The molecule has 0 saturated carbocycles. The number of imidazole rings is 1. The van der Waals surface area contributed by atoms with Crippen LogP contribution in [0, 0.1) is 0 Å². The zero-order valence-electron chi connectivity index (χ0n) is 24.4. The van der Waals surface area contributed by atoms with E-state index < -0.39 is 11.2 Å². The number of nitrogens with one attached hydrogen (secondary N) is 1. The third-order valence-electron chi connectivity index (χ3n) is 6.72. The SMILES string of the molecule is CC(C)(C)OC(=O)N1CCCC1C=N/C=C(\N)c1ccc(-c2cnc([C@@H]3CCCN3C(=O)OC(C)(C)C)[nH]2)cc1. The summed E-state index contributed by atoms with van der Waals surface area (Å²) in [5.74, 6) is 0.753. The summed E-state index contributed by atoms with van der Waals surface area (Å²) in [6.45, 7) is 12.5. The number of ether oxygens (including phenoxy) is 2. The summed E-state index contributed by atoms with van der Waals surface area (Å²) in [7, 11) is 0. The van der Waals surface area contributed by atoms with Crippen LogP contribution in [0.2, 0.25) is 0 Å². The lowest BCUT2D eigenvalue weighted by molar-refractivity contribution is 0.0216. The molecule has 2 amide bonds. The Morgan fingerprint density at radius 1 is 0.975 bits per heavy atom. The molecule has 216 valence electrons. The number of rotatable bonds is 5. The van der Waals surface area contributed by atoms with Gasteiger partial charge in [-0.05, 0) is 78.4 Å². The standard InChI is InChI=1S/C30H42N6O4/c1-29(2,3)39-27(37)35-15-7-9-22(35)17-32-18-23(31)20-11-13-21(14-12-20)24-19-33-26(34-24)25-10-8-16-36(25)28(38)40-30(4,5)6/h11-14,17-19,22,25H,7-10,15-16,31H2,1-6H3,(H,33,34)/b23-18-,32-17?/t22?,25-/m0/s1. The van der Waals surface area contributed by atoms with Crippen molar-refractivity contribution in [2.75, 3.05) is 13.1 Å². The summed E-state index contributed by atoms with van der Waals surface area (Å²) in [6.07, 6.45) is 8.02. The second kappa shape index (κ2) is 11.7. The topological polar surface area (TPSA) is 126 Å². The van der Waals surface area contributed by atoms with Gasteiger partial charge in [-0.1, -0.05) is 24.3 Å². The number of hydrogen-bond donors (Lipinski definition) is 2. The van der Waals surface area contributed by atoms with Crippen molar-refractivity contribution in [3.63, 3.8) is 0 Å². The molecule has 3 heterocycles. The van der Waals surface area contributed by atoms with Crippen LogP contribution in [0.5, 0.6) is 0 Å². The number of amides is 2. The molecule has 4 rings (SSSR count). The van der Waals surface area contributed by atoms with E-state index in [-0.39, 0.29) is 24.3 Å². The van der Waals surface area contributed by atoms with E-state index in [0.717, 1.165) is 48.3 Å². The number of likely N-dealkylation sites (tertiary alicyclic amines) is 2. The molecule has 2 fully saturated rings. The Morgan fingerprint density at radius 3 is 2.23 bits per heavy atom. The Labute approximate surface area is 236 Å². The van der Waals surface area contributed by atoms with Crippen LogP contribution in [0.3, 0.4) is 0 Å². The molecule has 2 aliphatic rings. The van der Waals surface area contributed by atoms with Gasteiger partial charge >= 0.3 is 12.2 Å². The number of nitrogens with zero attached hydrogens (tertiary/aromatic N) is 4. The minimum absolute atomic E-state index is 0.109. The highest BCUT2D eigenvalue weighted by Crippen LogP contribution is 2.33. The first-order valence-electron chi connectivity index (χ1n) is 13.9. The third-order valence-corrected chi connectivity index (χ3v) is 6.72. The van der Waals surface area contributed by atoms with Crippen molar-refractivity contribution in [2.45, 2.75) is 90.5 Å². The second-order valence-electron chi connectivity index (χ2n) is 12.4. The van der Waals surface area contributed by atoms with E-state index >= 15 is 0 Å². The maximum Gasteiger partial charge on any atom is 0.410 e. The van der Waals surface area contributed by atoms with Gasteiger partial charge in [0.2, 0.25) is 0 Å². The first-order valence-corrected chi connectivity index (χ1v) is 13.9. The second-order valence-corrected chi connectivity index (χ2v) is 12.4. The maximum absolute atomic E-state index is 12.7. The van der Waals surface area contributed by atoms with Gasteiger partial charge in [-0.2, -0.15) is 0 Å². The van der Waals surface area contributed by atoms with E-state index in [1.807, 2.05) is 65.8 Å². The molecule has 1 unspecified atom stereocenters. The Bertz CT molecular complexity index is 1250. The molecule has 3 N–H and O–H groups in total. The maximum atomic E-state index is 12.7. The smallest absolute Gasteiger partial charge is 0.410 e. The van der Waals surface area contributed by atoms with Gasteiger partial charge in [0.25, 0.3) is 0 Å². The van der Waals surface area contributed by atoms with E-state index in [1.54, 1.807) is 28.4 Å². The number of H-pyrrole nitrogens is 1. The average Bonchev–Trinajstić information content (AvgIpc) is 3.62. The molecule has 0 bridgehead atoms. The first kappa shape index (κ1) is 29.2. The summed E-state index contributed by atoms with van der Waals surface area (Å²) in [4.78, 5) is 41.0. The molecule has 40 heavy (non-hydrogen) atoms. The highest BCUT2D eigenvalue weighted by Gasteiger charge is 2.35. The Balaban J connectivity index is 1.39. The minimum atomic E-state index is -0.543. The van der Waals surface area contributed by atoms with Crippen LogP contribution in [0.1, 0.15) is 84.7 Å². The molecule has 0 radical (unpaired) electrons. The summed E-state index contributed by atoms with van der Waals surface area (Å²) in [5, 5.41) is 0. The van der Waals surface area contributed by atoms with Crippen molar-refractivity contribution in [3.05, 3.63) is 48.1 Å². The predicted molar refractivity (Wildman–Crippen MR) is 156 cm³/mol. The molecule has 1 aromatic heterocycles. The summed E-state index contributed by atoms with van der Waals surface area (Å²) < 4.78 is 11.1. The Hall–Kier alpha value is -3.82. The molecule has 0 spiro atoms. The van der Waals surface area contributed by atoms with Crippen LogP contribution in [0.25, 0.3) is 17.0 Å². The van der Waals surface area contributed by atoms with Gasteiger partial charge in [0.1, 0.15) is 17.0 Å². The third kappa shape index (κ3) is 7.43. The first-order chi connectivity index (χ1) is 18.8. The molecule has 1 aromatic carbocycles. The largest absolute Gasteiger partial charge is 0.444 e. The Morgan fingerprint density at radius 2 is 1.57 bits per heavy atom. The van der Waals surface area contributed by atoms with Crippen LogP contribution < -0.4 is 5.73 Å². The fourth-order valence-corrected chi connectivity index (χ4v) is 4.88. The summed E-state index contributed by atoms with van der Waals surface area (Å²) >= 11 is 0.